The second kappa shape index (κ2) is 6.08. The van der Waals surface area contributed by atoms with Crippen LogP contribution in [0.1, 0.15) is 13.3 Å². The van der Waals surface area contributed by atoms with Crippen molar-refractivity contribution in [2.24, 2.45) is 11.8 Å². The molecular weight excluding hydrogens is 205 g/mol. The predicted octanol–water partition coefficient (Wildman–Crippen LogP) is 3.32. The van der Waals surface area contributed by atoms with Gasteiger partial charge in [-0.3, -0.25) is 0 Å². The van der Waals surface area contributed by atoms with E-state index < -0.39 is 0 Å². The molecule has 0 aromatic rings. The van der Waals surface area contributed by atoms with Gasteiger partial charge in [-0.05, 0) is 37.1 Å². The number of nitrogens with two attached hydrogens (primary N) is 1. The van der Waals surface area contributed by atoms with Crippen LogP contribution in [0.2, 0.25) is 0 Å². The SMILES string of the molecule is C=C/C=C(F)\C(=C/C)C1C=CC(ON)=CC1. The third kappa shape index (κ3) is 2.94. The Morgan fingerprint density at radius 2 is 2.44 bits per heavy atom. The molecule has 0 fully saturated rings. The van der Waals surface area contributed by atoms with E-state index in [0.29, 0.717) is 17.8 Å². The topological polar surface area (TPSA) is 35.2 Å². The summed E-state index contributed by atoms with van der Waals surface area (Å²) in [5, 5.41) is 0. The van der Waals surface area contributed by atoms with Crippen LogP contribution in [0.4, 0.5) is 4.39 Å². The first-order chi connectivity index (χ1) is 7.72. The Labute approximate surface area is 95.2 Å². The Morgan fingerprint density at radius 3 is 2.88 bits per heavy atom. The quantitative estimate of drug-likeness (QED) is 0.583. The molecule has 1 aliphatic rings. The van der Waals surface area contributed by atoms with Gasteiger partial charge in [0.25, 0.3) is 0 Å². The summed E-state index contributed by atoms with van der Waals surface area (Å²) in [6.45, 7) is 5.30. The van der Waals surface area contributed by atoms with Gasteiger partial charge in [-0.2, -0.15) is 5.90 Å². The molecule has 0 bridgehead atoms. The molecule has 16 heavy (non-hydrogen) atoms. The van der Waals surface area contributed by atoms with E-state index in [-0.39, 0.29) is 11.7 Å². The highest BCUT2D eigenvalue weighted by Gasteiger charge is 2.16. The molecule has 0 radical (unpaired) electrons. The van der Waals surface area contributed by atoms with Crippen molar-refractivity contribution >= 4 is 0 Å². The molecule has 0 aliphatic heterocycles. The van der Waals surface area contributed by atoms with E-state index in [1.54, 1.807) is 12.2 Å². The maximum absolute atomic E-state index is 13.6. The van der Waals surface area contributed by atoms with Crippen LogP contribution in [-0.2, 0) is 4.84 Å². The van der Waals surface area contributed by atoms with E-state index >= 15 is 0 Å². The molecule has 2 nitrogen and oxygen atoms in total. The van der Waals surface area contributed by atoms with Crippen LogP contribution < -0.4 is 5.90 Å². The second-order valence-corrected chi connectivity index (χ2v) is 3.42. The normalized spacial score (nSPS) is 21.7. The molecule has 3 heteroatoms. The first-order valence-electron chi connectivity index (χ1n) is 5.12. The number of allylic oxidation sites excluding steroid dienone is 8. The second-order valence-electron chi connectivity index (χ2n) is 3.42. The van der Waals surface area contributed by atoms with Crippen LogP contribution in [0.5, 0.6) is 0 Å². The molecule has 86 valence electrons. The third-order valence-corrected chi connectivity index (χ3v) is 2.45. The number of halogens is 1. The highest BCUT2D eigenvalue weighted by molar-refractivity contribution is 5.35. The van der Waals surface area contributed by atoms with Gasteiger partial charge in [0.15, 0.2) is 0 Å². The molecule has 0 heterocycles. The average molecular weight is 221 g/mol. The molecular formula is C13H16FNO. The fourth-order valence-corrected chi connectivity index (χ4v) is 1.65. The smallest absolute Gasteiger partial charge is 0.142 e. The summed E-state index contributed by atoms with van der Waals surface area (Å²) >= 11 is 0. The molecule has 0 spiro atoms. The van der Waals surface area contributed by atoms with Crippen molar-refractivity contribution in [3.8, 4) is 0 Å². The fraction of sp³-hybridized carbons (Fsp3) is 0.231. The Morgan fingerprint density at radius 1 is 1.69 bits per heavy atom. The molecule has 1 atom stereocenters. The summed E-state index contributed by atoms with van der Waals surface area (Å²) in [6, 6.07) is 0. The Balaban J connectivity index is 2.80. The maximum atomic E-state index is 13.6. The van der Waals surface area contributed by atoms with E-state index in [1.165, 1.54) is 12.2 Å². The number of hydrogen-bond donors (Lipinski definition) is 1. The van der Waals surface area contributed by atoms with Gasteiger partial charge in [0, 0.05) is 5.92 Å². The monoisotopic (exact) mass is 221 g/mol. The van der Waals surface area contributed by atoms with Crippen LogP contribution in [0.15, 0.2) is 60.2 Å². The molecule has 2 N–H and O–H groups in total. The minimum atomic E-state index is -0.252. The molecule has 0 saturated heterocycles. The number of hydrogen-bond acceptors (Lipinski definition) is 2. The van der Waals surface area contributed by atoms with Crippen LogP contribution >= 0.6 is 0 Å². The number of rotatable bonds is 4. The van der Waals surface area contributed by atoms with E-state index in [2.05, 4.69) is 11.4 Å². The van der Waals surface area contributed by atoms with Crippen molar-refractivity contribution < 1.29 is 9.23 Å². The standard InChI is InChI=1S/C13H16FNO/c1-3-5-13(14)12(4-2)10-6-8-11(16-15)9-7-10/h3-6,8-10H,1,7,15H2,2H3/b12-4-,13-5+. The van der Waals surface area contributed by atoms with Crippen LogP contribution in [0.3, 0.4) is 0 Å². The van der Waals surface area contributed by atoms with Crippen molar-refractivity contribution in [2.75, 3.05) is 0 Å². The lowest BCUT2D eigenvalue weighted by Gasteiger charge is -2.17. The lowest BCUT2D eigenvalue weighted by molar-refractivity contribution is 0.230. The molecule has 0 aromatic heterocycles. The Kier molecular flexibility index (Phi) is 4.73. The minimum absolute atomic E-state index is 0.0279. The molecule has 1 unspecified atom stereocenters. The lowest BCUT2D eigenvalue weighted by Crippen LogP contribution is -2.07. The van der Waals surface area contributed by atoms with Gasteiger partial charge in [-0.15, -0.1) is 0 Å². The van der Waals surface area contributed by atoms with Gasteiger partial charge < -0.3 is 4.84 Å². The minimum Gasteiger partial charge on any atom is -0.412 e. The molecule has 1 aliphatic carbocycles. The van der Waals surface area contributed by atoms with Gasteiger partial charge in [-0.25, -0.2) is 4.39 Å². The highest BCUT2D eigenvalue weighted by Crippen LogP contribution is 2.29. The third-order valence-electron chi connectivity index (χ3n) is 2.45. The molecule has 0 amide bonds. The Bertz CT molecular complexity index is 377. The predicted molar refractivity (Wildman–Crippen MR) is 63.7 cm³/mol. The van der Waals surface area contributed by atoms with Crippen molar-refractivity contribution in [1.29, 1.82) is 0 Å². The summed E-state index contributed by atoms with van der Waals surface area (Å²) < 4.78 is 13.6. The first-order valence-corrected chi connectivity index (χ1v) is 5.12. The van der Waals surface area contributed by atoms with Gasteiger partial charge in [0.05, 0.1) is 0 Å². The van der Waals surface area contributed by atoms with Crippen molar-refractivity contribution in [3.63, 3.8) is 0 Å². The van der Waals surface area contributed by atoms with Gasteiger partial charge in [-0.1, -0.05) is 24.8 Å². The fourth-order valence-electron chi connectivity index (χ4n) is 1.65. The van der Waals surface area contributed by atoms with Crippen LogP contribution in [-0.4, -0.2) is 0 Å². The zero-order valence-corrected chi connectivity index (χ0v) is 9.32. The van der Waals surface area contributed by atoms with E-state index in [1.807, 2.05) is 19.1 Å². The van der Waals surface area contributed by atoms with E-state index in [4.69, 9.17) is 5.90 Å². The summed E-state index contributed by atoms with van der Waals surface area (Å²) in [5.74, 6) is 5.42. The van der Waals surface area contributed by atoms with Crippen LogP contribution in [0, 0.1) is 5.92 Å². The van der Waals surface area contributed by atoms with Gasteiger partial charge >= 0.3 is 0 Å². The van der Waals surface area contributed by atoms with Gasteiger partial charge in [0.2, 0.25) is 0 Å². The lowest BCUT2D eigenvalue weighted by atomic mass is 9.90. The van der Waals surface area contributed by atoms with Crippen LogP contribution in [0.25, 0.3) is 0 Å². The first kappa shape index (κ1) is 12.5. The maximum Gasteiger partial charge on any atom is 0.142 e. The van der Waals surface area contributed by atoms with E-state index in [0.717, 1.165) is 0 Å². The van der Waals surface area contributed by atoms with Gasteiger partial charge in [0.1, 0.15) is 11.6 Å². The summed E-state index contributed by atoms with van der Waals surface area (Å²) in [5.41, 5.74) is 0.656. The molecule has 1 rings (SSSR count). The zero-order valence-electron chi connectivity index (χ0n) is 9.32. The molecule has 0 saturated carbocycles. The molecule has 0 aromatic carbocycles. The Hall–Kier alpha value is -1.61. The summed E-state index contributed by atoms with van der Waals surface area (Å²) in [4.78, 5) is 4.59. The van der Waals surface area contributed by atoms with Crippen molar-refractivity contribution in [3.05, 3.63) is 60.2 Å². The zero-order chi connectivity index (χ0) is 12.0. The highest BCUT2D eigenvalue weighted by atomic mass is 19.1. The summed E-state index contributed by atoms with van der Waals surface area (Å²) in [6.07, 6.45) is 10.7. The largest absolute Gasteiger partial charge is 0.412 e. The van der Waals surface area contributed by atoms with Crippen molar-refractivity contribution in [2.45, 2.75) is 13.3 Å². The average Bonchev–Trinajstić information content (AvgIpc) is 2.31. The van der Waals surface area contributed by atoms with E-state index in [9.17, 15) is 4.39 Å². The van der Waals surface area contributed by atoms with Crippen molar-refractivity contribution in [1.82, 2.24) is 0 Å². The summed E-state index contributed by atoms with van der Waals surface area (Å²) in [7, 11) is 0.